The minimum Gasteiger partial charge on any atom is -0.462 e. The molecule has 0 aliphatic carbocycles. The molecule has 0 amide bonds. The maximum Gasteiger partial charge on any atom is 0.311 e. The molecule has 0 aromatic rings. The summed E-state index contributed by atoms with van der Waals surface area (Å²) in [4.78, 5) is 18.2. The molecular formula is C51H97N3O12. The van der Waals surface area contributed by atoms with Gasteiger partial charge in [0, 0.05) is 18.4 Å². The van der Waals surface area contributed by atoms with E-state index in [9.17, 15) is 55.9 Å². The number of rotatable bonds is 8. The highest BCUT2D eigenvalue weighted by molar-refractivity contribution is 5.75. The van der Waals surface area contributed by atoms with Gasteiger partial charge in [-0.15, -0.1) is 0 Å². The van der Waals surface area contributed by atoms with Crippen molar-refractivity contribution in [2.45, 2.75) is 256 Å². The van der Waals surface area contributed by atoms with Crippen molar-refractivity contribution < 1.29 is 60.6 Å². The standard InChI is InChI=1S/C51H97N3O12/c1-7-8-9-20-45-49(64)35(4)24-25-39(56)18-12-17-38(55)19-13-21-46(62)34(3)23-26-41(58)30-43(60)32-44(61)31-42(59)29-40(57)16-11-10-15-33(2)28-36(5)48(63)37(6)47(66-50(45)65)22-14-27-54-51(52)53/h23,28,35-49,55-64H,7-22,24-27,29-32H2,1-6H3,(H4,52,53,54). The SMILES string of the molecule is CCCCCC1C(=O)OC(CCCN=C(N)N)C(C)C(O)C(C)C=C(C)CCCCC(O)CC(O)CC(O)CC(O)CC(O)CC=C(C)C(O)CCCC(O)CCCC(O)CCC(C)C1O. The van der Waals surface area contributed by atoms with Gasteiger partial charge >= 0.3 is 5.97 Å². The zero-order valence-electron chi connectivity index (χ0n) is 41.7. The van der Waals surface area contributed by atoms with Crippen LogP contribution in [-0.4, -0.2) is 137 Å². The van der Waals surface area contributed by atoms with E-state index in [1.165, 1.54) is 0 Å². The van der Waals surface area contributed by atoms with Gasteiger partial charge in [-0.1, -0.05) is 71.1 Å². The Labute approximate surface area is 397 Å². The molecule has 1 aliphatic rings. The van der Waals surface area contributed by atoms with Gasteiger partial charge in [-0.3, -0.25) is 9.79 Å². The van der Waals surface area contributed by atoms with Gasteiger partial charge in [-0.25, -0.2) is 0 Å². The highest BCUT2D eigenvalue weighted by Gasteiger charge is 2.36. The van der Waals surface area contributed by atoms with Crippen LogP contribution in [0.1, 0.15) is 189 Å². The predicted octanol–water partition coefficient (Wildman–Crippen LogP) is 5.20. The van der Waals surface area contributed by atoms with E-state index in [1.807, 2.05) is 33.8 Å². The Morgan fingerprint density at radius 3 is 1.82 bits per heavy atom. The maximum absolute atomic E-state index is 14.1. The van der Waals surface area contributed by atoms with Crippen molar-refractivity contribution >= 4 is 11.9 Å². The van der Waals surface area contributed by atoms with Gasteiger partial charge in [0.1, 0.15) is 6.10 Å². The van der Waals surface area contributed by atoms with Crippen LogP contribution in [0.25, 0.3) is 0 Å². The molecule has 0 saturated carbocycles. The minimum absolute atomic E-state index is 0.0134. The fourth-order valence-electron chi connectivity index (χ4n) is 9.21. The third kappa shape index (κ3) is 27.7. The maximum atomic E-state index is 14.1. The Morgan fingerprint density at radius 2 is 1.21 bits per heavy atom. The van der Waals surface area contributed by atoms with E-state index in [4.69, 9.17) is 16.2 Å². The number of guanidine groups is 1. The van der Waals surface area contributed by atoms with E-state index in [0.29, 0.717) is 95.6 Å². The number of ether oxygens (including phenoxy) is 1. The van der Waals surface area contributed by atoms with Crippen molar-refractivity contribution in [3.05, 3.63) is 23.3 Å². The van der Waals surface area contributed by atoms with Gasteiger partial charge < -0.3 is 67.3 Å². The molecule has 15 unspecified atom stereocenters. The summed E-state index contributed by atoms with van der Waals surface area (Å²) in [6.45, 7) is 11.8. The molecule has 0 saturated heterocycles. The van der Waals surface area contributed by atoms with Crippen LogP contribution < -0.4 is 11.5 Å². The number of unbranched alkanes of at least 4 members (excludes halogenated alkanes) is 2. The zero-order chi connectivity index (χ0) is 49.8. The van der Waals surface area contributed by atoms with Gasteiger partial charge in [-0.2, -0.15) is 0 Å². The Bertz CT molecular complexity index is 1360. The third-order valence-electron chi connectivity index (χ3n) is 13.7. The number of cyclic esters (lactones) is 1. The van der Waals surface area contributed by atoms with Crippen LogP contribution in [-0.2, 0) is 9.53 Å². The molecule has 0 fully saturated rings. The first-order valence-electron chi connectivity index (χ1n) is 25.5. The molecule has 1 heterocycles. The van der Waals surface area contributed by atoms with E-state index in [2.05, 4.69) is 11.9 Å². The fraction of sp³-hybridized carbons (Fsp3) is 0.882. The Kier molecular flexibility index (Phi) is 32.8. The quantitative estimate of drug-likeness (QED) is 0.0490. The number of esters is 1. The van der Waals surface area contributed by atoms with Crippen molar-refractivity contribution in [3.63, 3.8) is 0 Å². The lowest BCUT2D eigenvalue weighted by atomic mass is 9.84. The van der Waals surface area contributed by atoms with Crippen LogP contribution in [0.5, 0.6) is 0 Å². The number of aliphatic hydroxyl groups excluding tert-OH is 10. The molecule has 0 bridgehead atoms. The highest BCUT2D eigenvalue weighted by atomic mass is 16.5. The van der Waals surface area contributed by atoms with Gasteiger partial charge in [0.25, 0.3) is 0 Å². The molecule has 66 heavy (non-hydrogen) atoms. The van der Waals surface area contributed by atoms with Crippen molar-refractivity contribution in [1.82, 2.24) is 0 Å². The summed E-state index contributed by atoms with van der Waals surface area (Å²) in [6.07, 6.45) is 5.25. The van der Waals surface area contributed by atoms with Gasteiger partial charge in [0.2, 0.25) is 0 Å². The lowest BCUT2D eigenvalue weighted by Gasteiger charge is -2.33. The number of aliphatic imine (C=N–C) groups is 1. The van der Waals surface area contributed by atoms with Crippen molar-refractivity contribution in [2.24, 2.45) is 40.1 Å². The molecule has 15 atom stereocenters. The molecule has 0 spiro atoms. The molecule has 15 nitrogen and oxygen atoms in total. The summed E-state index contributed by atoms with van der Waals surface area (Å²) in [7, 11) is 0. The lowest BCUT2D eigenvalue weighted by Crippen LogP contribution is -2.41. The van der Waals surface area contributed by atoms with Crippen LogP contribution in [0.4, 0.5) is 0 Å². The van der Waals surface area contributed by atoms with E-state index in [1.54, 1.807) is 13.0 Å². The minimum atomic E-state index is -1.02. The van der Waals surface area contributed by atoms with E-state index in [0.717, 1.165) is 37.7 Å². The molecule has 0 aromatic carbocycles. The predicted molar refractivity (Wildman–Crippen MR) is 261 cm³/mol. The molecule has 14 N–H and O–H groups in total. The van der Waals surface area contributed by atoms with Crippen molar-refractivity contribution in [2.75, 3.05) is 6.54 Å². The lowest BCUT2D eigenvalue weighted by molar-refractivity contribution is -0.165. The largest absolute Gasteiger partial charge is 0.462 e. The van der Waals surface area contributed by atoms with Crippen LogP contribution in [0.3, 0.4) is 0 Å². The first-order chi connectivity index (χ1) is 31.1. The highest BCUT2D eigenvalue weighted by Crippen LogP contribution is 2.30. The molecule has 15 heteroatoms. The summed E-state index contributed by atoms with van der Waals surface area (Å²) in [5, 5.41) is 108. The topological polar surface area (TPSA) is 293 Å². The van der Waals surface area contributed by atoms with Crippen molar-refractivity contribution in [1.29, 1.82) is 0 Å². The number of hydrogen-bond donors (Lipinski definition) is 12. The second-order valence-electron chi connectivity index (χ2n) is 20.1. The second-order valence-corrected chi connectivity index (χ2v) is 20.1. The number of hydrogen-bond acceptors (Lipinski definition) is 13. The molecule has 0 radical (unpaired) electrons. The normalized spacial score (nSPS) is 35.6. The van der Waals surface area contributed by atoms with Gasteiger partial charge in [-0.05, 0) is 147 Å². The number of carbonyl (C=O) groups excluding carboxylic acids is 1. The molecule has 0 aromatic heterocycles. The van der Waals surface area contributed by atoms with Crippen LogP contribution >= 0.6 is 0 Å². The number of allylic oxidation sites excluding steroid dienone is 1. The van der Waals surface area contributed by atoms with Crippen LogP contribution in [0, 0.1) is 23.7 Å². The summed E-state index contributed by atoms with van der Waals surface area (Å²) in [6, 6.07) is 0. The first-order valence-corrected chi connectivity index (χ1v) is 25.5. The van der Waals surface area contributed by atoms with E-state index in [-0.39, 0.29) is 49.9 Å². The fourth-order valence-corrected chi connectivity index (χ4v) is 9.21. The zero-order valence-corrected chi connectivity index (χ0v) is 41.7. The molecular weight excluding hydrogens is 847 g/mol. The average molecular weight is 944 g/mol. The molecule has 388 valence electrons. The average Bonchev–Trinajstić information content (AvgIpc) is 3.24. The number of aliphatic hydroxyl groups is 10. The molecule has 1 rings (SSSR count). The third-order valence-corrected chi connectivity index (χ3v) is 13.7. The monoisotopic (exact) mass is 944 g/mol. The van der Waals surface area contributed by atoms with Crippen molar-refractivity contribution in [3.8, 4) is 0 Å². The summed E-state index contributed by atoms with van der Waals surface area (Å²) in [5.74, 6) is -2.41. The number of nitrogens with two attached hydrogens (primary N) is 2. The number of nitrogens with zero attached hydrogens (tertiary/aromatic N) is 1. The van der Waals surface area contributed by atoms with Crippen LogP contribution in [0.2, 0.25) is 0 Å². The first kappa shape index (κ1) is 61.8. The smallest absolute Gasteiger partial charge is 0.311 e. The van der Waals surface area contributed by atoms with E-state index < -0.39 is 84.9 Å². The van der Waals surface area contributed by atoms with Crippen LogP contribution in [0.15, 0.2) is 28.3 Å². The summed E-state index contributed by atoms with van der Waals surface area (Å²) < 4.78 is 6.24. The molecule has 1 aliphatic heterocycles. The van der Waals surface area contributed by atoms with Gasteiger partial charge in [0.15, 0.2) is 5.96 Å². The van der Waals surface area contributed by atoms with E-state index >= 15 is 0 Å². The summed E-state index contributed by atoms with van der Waals surface area (Å²) in [5.41, 5.74) is 12.9. The Balaban J connectivity index is 3.22. The van der Waals surface area contributed by atoms with Gasteiger partial charge in [0.05, 0.1) is 67.0 Å². The Hall–Kier alpha value is -2.18. The Morgan fingerprint density at radius 1 is 0.652 bits per heavy atom. The summed E-state index contributed by atoms with van der Waals surface area (Å²) >= 11 is 0. The second kappa shape index (κ2) is 35.0. The number of carbonyl (C=O) groups is 1.